The molecule has 4 rings (SSSR count). The van der Waals surface area contributed by atoms with E-state index in [4.69, 9.17) is 17.3 Å². The van der Waals surface area contributed by atoms with Gasteiger partial charge < -0.3 is 16.0 Å². The lowest BCUT2D eigenvalue weighted by molar-refractivity contribution is 0.0494. The van der Waals surface area contributed by atoms with Gasteiger partial charge in [-0.15, -0.1) is 0 Å². The molecule has 5 nitrogen and oxygen atoms in total. The van der Waals surface area contributed by atoms with E-state index in [2.05, 4.69) is 10.3 Å². The first-order valence-corrected chi connectivity index (χ1v) is 8.99. The molecule has 0 unspecified atom stereocenters. The van der Waals surface area contributed by atoms with Gasteiger partial charge in [0.15, 0.2) is 11.8 Å². The van der Waals surface area contributed by atoms with Crippen LogP contribution in [0.25, 0.3) is 0 Å². The summed E-state index contributed by atoms with van der Waals surface area (Å²) in [4.78, 5) is 18.1. The van der Waals surface area contributed by atoms with Crippen molar-refractivity contribution in [2.75, 3.05) is 18.4 Å². The van der Waals surface area contributed by atoms with E-state index in [0.29, 0.717) is 10.6 Å². The van der Waals surface area contributed by atoms with E-state index in [0.717, 1.165) is 12.1 Å². The standard InChI is InChI=1S/C19H16ClF3N4O/c20-11-3-1-10(2-4-11)18(28)27-8-7-19(14(23)9-27)25-16-13(22)6-5-12(21)15(16)17(24)26-19/h1-6,14,25H,7-9H2,(H2,24,26)/t14-,19+/m0/s1. The van der Waals surface area contributed by atoms with Gasteiger partial charge in [0.05, 0.1) is 17.8 Å². The predicted octanol–water partition coefficient (Wildman–Crippen LogP) is 3.33. The van der Waals surface area contributed by atoms with E-state index in [1.54, 1.807) is 24.3 Å². The minimum atomic E-state index is -1.67. The second-order valence-corrected chi connectivity index (χ2v) is 7.24. The van der Waals surface area contributed by atoms with E-state index in [1.807, 2.05) is 0 Å². The zero-order chi connectivity index (χ0) is 20.1. The number of carbonyl (C=O) groups is 1. The fourth-order valence-corrected chi connectivity index (χ4v) is 3.69. The van der Waals surface area contributed by atoms with Gasteiger partial charge in [-0.1, -0.05) is 11.6 Å². The van der Waals surface area contributed by atoms with Crippen LogP contribution in [-0.4, -0.2) is 41.6 Å². The number of halogens is 4. The second-order valence-electron chi connectivity index (χ2n) is 6.80. The summed E-state index contributed by atoms with van der Waals surface area (Å²) >= 11 is 5.82. The van der Waals surface area contributed by atoms with Crippen LogP contribution in [0.15, 0.2) is 41.4 Å². The van der Waals surface area contributed by atoms with E-state index in [9.17, 15) is 13.6 Å². The molecule has 0 aliphatic carbocycles. The number of amides is 1. The average Bonchev–Trinajstić information content (AvgIpc) is 2.67. The second kappa shape index (κ2) is 6.70. The molecule has 2 aromatic rings. The van der Waals surface area contributed by atoms with Crippen molar-refractivity contribution in [3.8, 4) is 0 Å². The number of amidine groups is 1. The minimum absolute atomic E-state index is 0.0452. The Morgan fingerprint density at radius 2 is 1.89 bits per heavy atom. The van der Waals surface area contributed by atoms with Crippen molar-refractivity contribution in [2.45, 2.75) is 18.3 Å². The van der Waals surface area contributed by atoms with Crippen LogP contribution in [0.1, 0.15) is 22.3 Å². The lowest BCUT2D eigenvalue weighted by Gasteiger charge is -2.44. The highest BCUT2D eigenvalue weighted by Crippen LogP contribution is 2.38. The normalized spacial score (nSPS) is 23.8. The Bertz CT molecular complexity index is 982. The van der Waals surface area contributed by atoms with Crippen LogP contribution >= 0.6 is 11.6 Å². The zero-order valence-electron chi connectivity index (χ0n) is 14.6. The van der Waals surface area contributed by atoms with E-state index in [-0.39, 0.29) is 42.5 Å². The summed E-state index contributed by atoms with van der Waals surface area (Å²) in [5.41, 5.74) is 4.23. The molecule has 146 valence electrons. The predicted molar refractivity (Wildman–Crippen MR) is 100 cm³/mol. The molecule has 3 N–H and O–H groups in total. The quantitative estimate of drug-likeness (QED) is 0.760. The summed E-state index contributed by atoms with van der Waals surface area (Å²) in [5.74, 6) is -2.11. The molecule has 2 heterocycles. The highest BCUT2D eigenvalue weighted by molar-refractivity contribution is 6.30. The molecule has 1 spiro atoms. The molecule has 0 bridgehead atoms. The molecule has 1 amide bonds. The number of hydrogen-bond acceptors (Lipinski definition) is 4. The molecule has 2 atom stereocenters. The summed E-state index contributed by atoms with van der Waals surface area (Å²) in [6.45, 7) is -0.102. The molecule has 0 radical (unpaired) electrons. The van der Waals surface area contributed by atoms with Crippen molar-refractivity contribution in [2.24, 2.45) is 10.7 Å². The Labute approximate surface area is 164 Å². The minimum Gasteiger partial charge on any atom is -0.383 e. The van der Waals surface area contributed by atoms with Gasteiger partial charge in [-0.3, -0.25) is 4.79 Å². The van der Waals surface area contributed by atoms with Crippen LogP contribution in [0, 0.1) is 11.6 Å². The van der Waals surface area contributed by atoms with Gasteiger partial charge in [-0.2, -0.15) is 0 Å². The Morgan fingerprint density at radius 3 is 2.57 bits per heavy atom. The Morgan fingerprint density at radius 1 is 1.21 bits per heavy atom. The van der Waals surface area contributed by atoms with Crippen LogP contribution in [0.2, 0.25) is 5.02 Å². The number of fused-ring (bicyclic) bond motifs is 1. The molecule has 2 aliphatic heterocycles. The third-order valence-corrected chi connectivity index (χ3v) is 5.31. The van der Waals surface area contributed by atoms with Crippen LogP contribution in [0.3, 0.4) is 0 Å². The van der Waals surface area contributed by atoms with Crippen molar-refractivity contribution in [1.82, 2.24) is 4.90 Å². The molecule has 2 aliphatic rings. The first kappa shape index (κ1) is 18.6. The number of rotatable bonds is 1. The maximum absolute atomic E-state index is 15.2. The summed E-state index contributed by atoms with van der Waals surface area (Å²) in [6.07, 6.45) is -1.63. The van der Waals surface area contributed by atoms with Gasteiger partial charge in [0.1, 0.15) is 17.5 Å². The maximum Gasteiger partial charge on any atom is 0.253 e. The zero-order valence-corrected chi connectivity index (χ0v) is 15.3. The van der Waals surface area contributed by atoms with Crippen molar-refractivity contribution >= 4 is 29.0 Å². The van der Waals surface area contributed by atoms with Gasteiger partial charge in [-0.25, -0.2) is 18.2 Å². The molecular weight excluding hydrogens is 393 g/mol. The number of piperidine rings is 1. The van der Waals surface area contributed by atoms with Gasteiger partial charge >= 0.3 is 0 Å². The van der Waals surface area contributed by atoms with Crippen molar-refractivity contribution in [3.05, 3.63) is 64.2 Å². The number of nitrogens with zero attached hydrogens (tertiary/aromatic N) is 2. The lowest BCUT2D eigenvalue weighted by atomic mass is 9.91. The average molecular weight is 409 g/mol. The molecule has 9 heteroatoms. The fraction of sp³-hybridized carbons (Fsp3) is 0.263. The maximum atomic E-state index is 15.2. The number of aliphatic imine (C=N–C) groups is 1. The summed E-state index contributed by atoms with van der Waals surface area (Å²) in [5, 5.41) is 3.18. The highest BCUT2D eigenvalue weighted by atomic mass is 35.5. The third kappa shape index (κ3) is 2.97. The van der Waals surface area contributed by atoms with Crippen LogP contribution in [0.4, 0.5) is 18.9 Å². The third-order valence-electron chi connectivity index (χ3n) is 5.06. The Balaban J connectivity index is 1.59. The smallest absolute Gasteiger partial charge is 0.253 e. The van der Waals surface area contributed by atoms with Gasteiger partial charge in [-0.05, 0) is 36.4 Å². The van der Waals surface area contributed by atoms with Crippen molar-refractivity contribution in [1.29, 1.82) is 0 Å². The summed E-state index contributed by atoms with van der Waals surface area (Å²) in [6, 6.07) is 8.16. The van der Waals surface area contributed by atoms with Gasteiger partial charge in [0, 0.05) is 23.6 Å². The topological polar surface area (TPSA) is 70.7 Å². The molecule has 0 saturated carbocycles. The Kier molecular flexibility index (Phi) is 4.45. The van der Waals surface area contributed by atoms with Gasteiger partial charge in [0.2, 0.25) is 0 Å². The fourth-order valence-electron chi connectivity index (χ4n) is 3.56. The number of likely N-dealkylation sites (tertiary alicyclic amines) is 1. The number of nitrogens with one attached hydrogen (secondary N) is 1. The lowest BCUT2D eigenvalue weighted by Crippen LogP contribution is -2.60. The number of carbonyl (C=O) groups excluding carboxylic acids is 1. The molecule has 2 aromatic carbocycles. The highest BCUT2D eigenvalue weighted by Gasteiger charge is 2.48. The molecule has 1 saturated heterocycles. The van der Waals surface area contributed by atoms with Gasteiger partial charge in [0.25, 0.3) is 5.91 Å². The Hall–Kier alpha value is -2.74. The van der Waals surface area contributed by atoms with Crippen molar-refractivity contribution < 1.29 is 18.0 Å². The summed E-state index contributed by atoms with van der Waals surface area (Å²) in [7, 11) is 0. The van der Waals surface area contributed by atoms with E-state index < -0.39 is 23.5 Å². The number of alkyl halides is 1. The van der Waals surface area contributed by atoms with Crippen LogP contribution < -0.4 is 11.1 Å². The number of hydrogen-bond donors (Lipinski definition) is 2. The SMILES string of the molecule is NC1=N[C@@]2(CCN(C(=O)c3ccc(Cl)cc3)C[C@@H]2F)Nc2c(F)ccc(F)c21. The summed E-state index contributed by atoms with van der Waals surface area (Å²) < 4.78 is 43.4. The number of anilines is 1. The van der Waals surface area contributed by atoms with Crippen LogP contribution in [-0.2, 0) is 0 Å². The number of benzene rings is 2. The monoisotopic (exact) mass is 408 g/mol. The van der Waals surface area contributed by atoms with E-state index >= 15 is 4.39 Å². The molecule has 1 fully saturated rings. The van der Waals surface area contributed by atoms with Crippen molar-refractivity contribution in [3.63, 3.8) is 0 Å². The number of nitrogens with two attached hydrogens (primary N) is 1. The molecule has 0 aromatic heterocycles. The largest absolute Gasteiger partial charge is 0.383 e. The van der Waals surface area contributed by atoms with Crippen LogP contribution in [0.5, 0.6) is 0 Å². The molecular formula is C19H16ClF3N4O. The molecule has 28 heavy (non-hydrogen) atoms. The first-order chi connectivity index (χ1) is 13.3. The van der Waals surface area contributed by atoms with E-state index in [1.165, 1.54) is 4.90 Å². The first-order valence-electron chi connectivity index (χ1n) is 8.61.